The summed E-state index contributed by atoms with van der Waals surface area (Å²) in [5.74, 6) is 0. The van der Waals surface area contributed by atoms with Crippen LogP contribution in [0.15, 0.2) is 24.3 Å². The molecule has 0 fully saturated rings. The van der Waals surface area contributed by atoms with E-state index in [-0.39, 0.29) is 12.1 Å². The SMILES string of the molecule is CC(C)NC(C)(CO)CCN1Cc2ccccc2C1. The Morgan fingerprint density at radius 1 is 1.26 bits per heavy atom. The van der Waals surface area contributed by atoms with E-state index < -0.39 is 0 Å². The molecule has 1 aromatic carbocycles. The highest BCUT2D eigenvalue weighted by Crippen LogP contribution is 2.23. The number of hydrogen-bond acceptors (Lipinski definition) is 3. The summed E-state index contributed by atoms with van der Waals surface area (Å²) in [5, 5.41) is 13.1. The maximum absolute atomic E-state index is 9.60. The van der Waals surface area contributed by atoms with Crippen LogP contribution >= 0.6 is 0 Å². The van der Waals surface area contributed by atoms with Gasteiger partial charge in [-0.05, 0) is 24.5 Å². The van der Waals surface area contributed by atoms with Crippen molar-refractivity contribution in [1.82, 2.24) is 10.2 Å². The van der Waals surface area contributed by atoms with Crippen molar-refractivity contribution >= 4 is 0 Å². The highest BCUT2D eigenvalue weighted by molar-refractivity contribution is 5.30. The van der Waals surface area contributed by atoms with Gasteiger partial charge in [0.15, 0.2) is 0 Å². The lowest BCUT2D eigenvalue weighted by Crippen LogP contribution is -2.50. The molecule has 0 amide bonds. The Balaban J connectivity index is 1.87. The van der Waals surface area contributed by atoms with Gasteiger partial charge in [0.2, 0.25) is 0 Å². The molecule has 1 unspecified atom stereocenters. The Kier molecular flexibility index (Phi) is 4.61. The van der Waals surface area contributed by atoms with Crippen molar-refractivity contribution in [2.45, 2.75) is 51.9 Å². The first-order valence-electron chi connectivity index (χ1n) is 7.20. The number of aliphatic hydroxyl groups is 1. The van der Waals surface area contributed by atoms with Crippen LogP contribution in [-0.2, 0) is 13.1 Å². The van der Waals surface area contributed by atoms with E-state index in [9.17, 15) is 5.11 Å². The lowest BCUT2D eigenvalue weighted by atomic mass is 9.97. The van der Waals surface area contributed by atoms with Gasteiger partial charge in [0, 0.05) is 31.2 Å². The molecule has 1 aliphatic rings. The molecular formula is C16H26N2O. The lowest BCUT2D eigenvalue weighted by molar-refractivity contribution is 0.137. The molecule has 0 aliphatic carbocycles. The monoisotopic (exact) mass is 262 g/mol. The third kappa shape index (κ3) is 3.78. The molecule has 1 aromatic rings. The summed E-state index contributed by atoms with van der Waals surface area (Å²) in [6.07, 6.45) is 0.968. The molecular weight excluding hydrogens is 236 g/mol. The first-order valence-corrected chi connectivity index (χ1v) is 7.20. The molecule has 1 aliphatic heterocycles. The van der Waals surface area contributed by atoms with Crippen LogP contribution in [0.25, 0.3) is 0 Å². The normalized spacial score (nSPS) is 18.6. The first kappa shape index (κ1) is 14.5. The van der Waals surface area contributed by atoms with Crippen molar-refractivity contribution in [2.75, 3.05) is 13.2 Å². The largest absolute Gasteiger partial charge is 0.394 e. The Bertz CT molecular complexity index is 394. The molecule has 0 saturated carbocycles. The van der Waals surface area contributed by atoms with Gasteiger partial charge in [-0.2, -0.15) is 0 Å². The number of rotatable bonds is 6. The predicted octanol–water partition coefficient (Wildman–Crippen LogP) is 2.14. The van der Waals surface area contributed by atoms with E-state index in [1.54, 1.807) is 0 Å². The van der Waals surface area contributed by atoms with E-state index >= 15 is 0 Å². The molecule has 106 valence electrons. The van der Waals surface area contributed by atoms with E-state index in [4.69, 9.17) is 0 Å². The average molecular weight is 262 g/mol. The summed E-state index contributed by atoms with van der Waals surface area (Å²) in [6.45, 7) is 9.64. The molecule has 1 heterocycles. The van der Waals surface area contributed by atoms with Crippen molar-refractivity contribution in [2.24, 2.45) is 0 Å². The van der Waals surface area contributed by atoms with Crippen molar-refractivity contribution in [1.29, 1.82) is 0 Å². The third-order valence-corrected chi connectivity index (χ3v) is 3.87. The van der Waals surface area contributed by atoms with Crippen molar-refractivity contribution in [3.63, 3.8) is 0 Å². The van der Waals surface area contributed by atoms with Gasteiger partial charge in [-0.15, -0.1) is 0 Å². The Morgan fingerprint density at radius 3 is 2.32 bits per heavy atom. The van der Waals surface area contributed by atoms with Crippen molar-refractivity contribution in [3.8, 4) is 0 Å². The van der Waals surface area contributed by atoms with Crippen LogP contribution in [0, 0.1) is 0 Å². The van der Waals surface area contributed by atoms with Crippen molar-refractivity contribution in [3.05, 3.63) is 35.4 Å². The number of nitrogens with zero attached hydrogens (tertiary/aromatic N) is 1. The number of aliphatic hydroxyl groups excluding tert-OH is 1. The summed E-state index contributed by atoms with van der Waals surface area (Å²) >= 11 is 0. The van der Waals surface area contributed by atoms with Crippen LogP contribution in [0.2, 0.25) is 0 Å². The van der Waals surface area contributed by atoms with E-state index in [0.717, 1.165) is 26.1 Å². The molecule has 0 saturated heterocycles. The van der Waals surface area contributed by atoms with E-state index in [0.29, 0.717) is 6.04 Å². The molecule has 0 aromatic heterocycles. The summed E-state index contributed by atoms with van der Waals surface area (Å²) in [4.78, 5) is 2.46. The van der Waals surface area contributed by atoms with Gasteiger partial charge in [-0.25, -0.2) is 0 Å². The summed E-state index contributed by atoms with van der Waals surface area (Å²) in [7, 11) is 0. The highest BCUT2D eigenvalue weighted by Gasteiger charge is 2.26. The number of nitrogens with one attached hydrogen (secondary N) is 1. The maximum Gasteiger partial charge on any atom is 0.0611 e. The zero-order valence-corrected chi connectivity index (χ0v) is 12.3. The first-order chi connectivity index (χ1) is 9.02. The lowest BCUT2D eigenvalue weighted by Gasteiger charge is -2.32. The van der Waals surface area contributed by atoms with Crippen LogP contribution in [0.4, 0.5) is 0 Å². The Hall–Kier alpha value is -0.900. The maximum atomic E-state index is 9.60. The molecule has 0 radical (unpaired) electrons. The molecule has 0 spiro atoms. The van der Waals surface area contributed by atoms with Crippen LogP contribution in [-0.4, -0.2) is 34.7 Å². The van der Waals surface area contributed by atoms with Crippen LogP contribution in [0.5, 0.6) is 0 Å². The molecule has 3 heteroatoms. The Morgan fingerprint density at radius 2 is 1.84 bits per heavy atom. The predicted molar refractivity (Wildman–Crippen MR) is 78.9 cm³/mol. The second-order valence-corrected chi connectivity index (χ2v) is 6.25. The van der Waals surface area contributed by atoms with Crippen LogP contribution in [0.3, 0.4) is 0 Å². The van der Waals surface area contributed by atoms with Gasteiger partial charge in [0.05, 0.1) is 6.61 Å². The number of benzene rings is 1. The number of hydrogen-bond donors (Lipinski definition) is 2. The minimum absolute atomic E-state index is 0.178. The minimum atomic E-state index is -0.178. The van der Waals surface area contributed by atoms with Gasteiger partial charge in [-0.3, -0.25) is 4.90 Å². The van der Waals surface area contributed by atoms with E-state index in [2.05, 4.69) is 55.3 Å². The van der Waals surface area contributed by atoms with Crippen LogP contribution in [0.1, 0.15) is 38.3 Å². The molecule has 0 bridgehead atoms. The summed E-state index contributed by atoms with van der Waals surface area (Å²) in [6, 6.07) is 9.05. The van der Waals surface area contributed by atoms with Crippen LogP contribution < -0.4 is 5.32 Å². The zero-order chi connectivity index (χ0) is 13.9. The second kappa shape index (κ2) is 6.04. The summed E-state index contributed by atoms with van der Waals surface area (Å²) < 4.78 is 0. The fraction of sp³-hybridized carbons (Fsp3) is 0.625. The van der Waals surface area contributed by atoms with Gasteiger partial charge in [0.1, 0.15) is 0 Å². The number of fused-ring (bicyclic) bond motifs is 1. The molecule has 1 atom stereocenters. The zero-order valence-electron chi connectivity index (χ0n) is 12.3. The molecule has 2 N–H and O–H groups in total. The third-order valence-electron chi connectivity index (χ3n) is 3.87. The second-order valence-electron chi connectivity index (χ2n) is 6.25. The van der Waals surface area contributed by atoms with Gasteiger partial charge >= 0.3 is 0 Å². The van der Waals surface area contributed by atoms with E-state index in [1.807, 2.05) is 0 Å². The summed E-state index contributed by atoms with van der Waals surface area (Å²) in [5.41, 5.74) is 2.72. The molecule has 2 rings (SSSR count). The highest BCUT2D eigenvalue weighted by atomic mass is 16.3. The minimum Gasteiger partial charge on any atom is -0.394 e. The smallest absolute Gasteiger partial charge is 0.0611 e. The average Bonchev–Trinajstić information content (AvgIpc) is 2.78. The Labute approximate surface area is 116 Å². The van der Waals surface area contributed by atoms with E-state index in [1.165, 1.54) is 11.1 Å². The van der Waals surface area contributed by atoms with Gasteiger partial charge < -0.3 is 10.4 Å². The fourth-order valence-electron chi connectivity index (χ4n) is 2.86. The quantitative estimate of drug-likeness (QED) is 0.824. The van der Waals surface area contributed by atoms with Gasteiger partial charge in [0.25, 0.3) is 0 Å². The molecule has 3 nitrogen and oxygen atoms in total. The van der Waals surface area contributed by atoms with Crippen molar-refractivity contribution < 1.29 is 5.11 Å². The standard InChI is InChI=1S/C16H26N2O/c1-13(2)17-16(3,12-19)8-9-18-10-14-6-4-5-7-15(14)11-18/h4-7,13,17,19H,8-12H2,1-3H3. The fourth-order valence-corrected chi connectivity index (χ4v) is 2.86. The molecule has 19 heavy (non-hydrogen) atoms. The van der Waals surface area contributed by atoms with Gasteiger partial charge in [-0.1, -0.05) is 38.1 Å². The topological polar surface area (TPSA) is 35.5 Å².